The Labute approximate surface area is 135 Å². The third-order valence-corrected chi connectivity index (χ3v) is 5.36. The van der Waals surface area contributed by atoms with Crippen molar-refractivity contribution in [3.63, 3.8) is 0 Å². The molecule has 1 atom stereocenters. The van der Waals surface area contributed by atoms with Gasteiger partial charge in [-0.1, -0.05) is 0 Å². The number of nitrogens with zero attached hydrogens (tertiary/aromatic N) is 1. The molecular formula is C14H21N3O5S. The summed E-state index contributed by atoms with van der Waals surface area (Å²) in [5, 5.41) is 14.3. The predicted octanol–water partition coefficient (Wildman–Crippen LogP) is 1.27. The van der Waals surface area contributed by atoms with Crippen molar-refractivity contribution in [3.05, 3.63) is 28.3 Å². The summed E-state index contributed by atoms with van der Waals surface area (Å²) < 4.78 is 31.9. The van der Waals surface area contributed by atoms with Crippen molar-refractivity contribution < 1.29 is 18.1 Å². The van der Waals surface area contributed by atoms with Gasteiger partial charge in [-0.05, 0) is 50.4 Å². The van der Waals surface area contributed by atoms with E-state index in [1.807, 2.05) is 0 Å². The highest BCUT2D eigenvalue weighted by atomic mass is 32.2. The molecule has 1 aliphatic heterocycles. The van der Waals surface area contributed by atoms with Crippen LogP contribution in [0.1, 0.15) is 19.3 Å². The largest absolute Gasteiger partial charge is 0.490 e. The summed E-state index contributed by atoms with van der Waals surface area (Å²) in [7, 11) is -2.47. The Morgan fingerprint density at radius 2 is 2.26 bits per heavy atom. The van der Waals surface area contributed by atoms with Crippen molar-refractivity contribution in [2.45, 2.75) is 24.2 Å². The molecule has 128 valence electrons. The van der Waals surface area contributed by atoms with Crippen LogP contribution in [-0.2, 0) is 10.0 Å². The van der Waals surface area contributed by atoms with Crippen LogP contribution < -0.4 is 14.8 Å². The molecular weight excluding hydrogens is 322 g/mol. The molecule has 1 aliphatic rings. The molecule has 0 radical (unpaired) electrons. The molecule has 0 saturated carbocycles. The Kier molecular flexibility index (Phi) is 5.91. The Bertz CT molecular complexity index is 656. The van der Waals surface area contributed by atoms with Crippen LogP contribution in [0.5, 0.6) is 5.75 Å². The third-order valence-electron chi connectivity index (χ3n) is 3.90. The van der Waals surface area contributed by atoms with E-state index in [9.17, 15) is 18.5 Å². The fourth-order valence-corrected chi connectivity index (χ4v) is 3.70. The average Bonchev–Trinajstić information content (AvgIpc) is 2.55. The van der Waals surface area contributed by atoms with E-state index in [2.05, 4.69) is 10.0 Å². The van der Waals surface area contributed by atoms with E-state index in [-0.39, 0.29) is 16.3 Å². The minimum absolute atomic E-state index is 0.0298. The number of sulfonamides is 1. The van der Waals surface area contributed by atoms with Crippen LogP contribution in [0, 0.1) is 16.0 Å². The zero-order valence-electron chi connectivity index (χ0n) is 12.9. The number of rotatable bonds is 7. The number of nitro benzene ring substituents is 1. The number of piperidine rings is 1. The second-order valence-corrected chi connectivity index (χ2v) is 7.26. The van der Waals surface area contributed by atoms with E-state index in [1.54, 1.807) is 0 Å². The van der Waals surface area contributed by atoms with Crippen LogP contribution in [-0.4, -0.2) is 40.1 Å². The molecule has 23 heavy (non-hydrogen) atoms. The maximum Gasteiger partial charge on any atom is 0.312 e. The van der Waals surface area contributed by atoms with Gasteiger partial charge in [0.05, 0.1) is 16.9 Å². The number of hydrogen-bond donors (Lipinski definition) is 2. The van der Waals surface area contributed by atoms with Crippen LogP contribution in [0.15, 0.2) is 23.1 Å². The lowest BCUT2D eigenvalue weighted by molar-refractivity contribution is -0.386. The molecule has 9 heteroatoms. The zero-order chi connectivity index (χ0) is 16.9. The van der Waals surface area contributed by atoms with Gasteiger partial charge in [-0.15, -0.1) is 0 Å². The van der Waals surface area contributed by atoms with Crippen LogP contribution in [0.2, 0.25) is 0 Å². The second kappa shape index (κ2) is 7.71. The normalized spacial score (nSPS) is 18.6. The van der Waals surface area contributed by atoms with Gasteiger partial charge in [-0.2, -0.15) is 0 Å². The molecule has 1 unspecified atom stereocenters. The maximum absolute atomic E-state index is 12.3. The van der Waals surface area contributed by atoms with Crippen LogP contribution in [0.25, 0.3) is 0 Å². The lowest BCUT2D eigenvalue weighted by Gasteiger charge is -2.22. The Morgan fingerprint density at radius 3 is 2.87 bits per heavy atom. The van der Waals surface area contributed by atoms with Crippen molar-refractivity contribution in [2.75, 3.05) is 26.7 Å². The van der Waals surface area contributed by atoms with E-state index < -0.39 is 14.9 Å². The van der Waals surface area contributed by atoms with Crippen molar-refractivity contribution in [1.82, 2.24) is 10.0 Å². The molecule has 2 N–H and O–H groups in total. The van der Waals surface area contributed by atoms with Gasteiger partial charge < -0.3 is 10.1 Å². The van der Waals surface area contributed by atoms with Crippen LogP contribution in [0.3, 0.4) is 0 Å². The first-order valence-corrected chi connectivity index (χ1v) is 8.95. The standard InChI is InChI=1S/C14H21N3O5S/c1-22-14-5-4-12(9-13(14)17(18)19)23(20,21)16-8-6-11-3-2-7-15-10-11/h4-5,9,11,15-16H,2-3,6-8,10H2,1H3. The van der Waals surface area contributed by atoms with Gasteiger partial charge >= 0.3 is 5.69 Å². The van der Waals surface area contributed by atoms with Gasteiger partial charge in [0.25, 0.3) is 0 Å². The molecule has 1 fully saturated rings. The molecule has 0 bridgehead atoms. The first kappa shape index (κ1) is 17.6. The molecule has 0 amide bonds. The third kappa shape index (κ3) is 4.63. The molecule has 1 aromatic rings. The molecule has 0 aromatic heterocycles. The molecule has 1 saturated heterocycles. The zero-order valence-corrected chi connectivity index (χ0v) is 13.8. The number of nitro groups is 1. The Hall–Kier alpha value is -1.71. The minimum Gasteiger partial charge on any atom is -0.490 e. The van der Waals surface area contributed by atoms with Gasteiger partial charge in [0.1, 0.15) is 0 Å². The van der Waals surface area contributed by atoms with E-state index in [0.717, 1.165) is 38.4 Å². The van der Waals surface area contributed by atoms with Gasteiger partial charge in [-0.25, -0.2) is 13.1 Å². The second-order valence-electron chi connectivity index (χ2n) is 5.49. The van der Waals surface area contributed by atoms with Gasteiger partial charge in [0, 0.05) is 12.6 Å². The molecule has 0 spiro atoms. The summed E-state index contributed by atoms with van der Waals surface area (Å²) in [5.41, 5.74) is -0.369. The SMILES string of the molecule is COc1ccc(S(=O)(=O)NCCC2CCCNC2)cc1[N+](=O)[O-]. The highest BCUT2D eigenvalue weighted by molar-refractivity contribution is 7.89. The average molecular weight is 343 g/mol. The number of methoxy groups -OCH3 is 1. The smallest absolute Gasteiger partial charge is 0.312 e. The van der Waals surface area contributed by atoms with Crippen LogP contribution >= 0.6 is 0 Å². The topological polar surface area (TPSA) is 111 Å². The summed E-state index contributed by atoms with van der Waals surface area (Å²) in [4.78, 5) is 10.2. The van der Waals surface area contributed by atoms with E-state index in [1.165, 1.54) is 19.2 Å². The van der Waals surface area contributed by atoms with Crippen molar-refractivity contribution in [2.24, 2.45) is 5.92 Å². The Balaban J connectivity index is 2.03. The monoisotopic (exact) mass is 343 g/mol. The van der Waals surface area contributed by atoms with Crippen LogP contribution in [0.4, 0.5) is 5.69 Å². The number of benzene rings is 1. The van der Waals surface area contributed by atoms with Gasteiger partial charge in [0.2, 0.25) is 10.0 Å². The van der Waals surface area contributed by atoms with Crippen molar-refractivity contribution in [1.29, 1.82) is 0 Å². The first-order valence-electron chi connectivity index (χ1n) is 7.47. The molecule has 8 nitrogen and oxygen atoms in total. The fraction of sp³-hybridized carbons (Fsp3) is 0.571. The van der Waals surface area contributed by atoms with E-state index >= 15 is 0 Å². The summed E-state index contributed by atoms with van der Waals surface area (Å²) in [6.45, 7) is 2.22. The number of hydrogen-bond acceptors (Lipinski definition) is 6. The quantitative estimate of drug-likeness (QED) is 0.570. The molecule has 0 aliphatic carbocycles. The Morgan fingerprint density at radius 1 is 1.48 bits per heavy atom. The number of ether oxygens (including phenoxy) is 1. The highest BCUT2D eigenvalue weighted by Crippen LogP contribution is 2.29. The summed E-state index contributed by atoms with van der Waals surface area (Å²) >= 11 is 0. The number of nitrogens with one attached hydrogen (secondary N) is 2. The molecule has 1 aromatic carbocycles. The predicted molar refractivity (Wildman–Crippen MR) is 85.0 cm³/mol. The minimum atomic E-state index is -3.77. The molecule has 1 heterocycles. The summed E-state index contributed by atoms with van der Waals surface area (Å²) in [6.07, 6.45) is 2.93. The summed E-state index contributed by atoms with van der Waals surface area (Å²) in [6, 6.07) is 3.61. The molecule has 2 rings (SSSR count). The summed E-state index contributed by atoms with van der Waals surface area (Å²) in [5.74, 6) is 0.485. The lowest BCUT2D eigenvalue weighted by Crippen LogP contribution is -2.33. The van der Waals surface area contributed by atoms with E-state index in [4.69, 9.17) is 4.74 Å². The van der Waals surface area contributed by atoms with Crippen molar-refractivity contribution >= 4 is 15.7 Å². The van der Waals surface area contributed by atoms with Gasteiger partial charge in [0.15, 0.2) is 5.75 Å². The highest BCUT2D eigenvalue weighted by Gasteiger charge is 2.22. The fourth-order valence-electron chi connectivity index (χ4n) is 2.63. The first-order chi connectivity index (χ1) is 10.9. The van der Waals surface area contributed by atoms with E-state index in [0.29, 0.717) is 12.5 Å². The maximum atomic E-state index is 12.3. The lowest BCUT2D eigenvalue weighted by atomic mass is 9.96. The van der Waals surface area contributed by atoms with Gasteiger partial charge in [-0.3, -0.25) is 10.1 Å². The van der Waals surface area contributed by atoms with Crippen molar-refractivity contribution in [3.8, 4) is 5.75 Å².